The Morgan fingerprint density at radius 1 is 1.40 bits per heavy atom. The molecule has 2 aliphatic rings. The quantitative estimate of drug-likeness (QED) is 0.819. The molecule has 4 heteroatoms. The molecular weight excluding hydrogens is 252 g/mol. The van der Waals surface area contributed by atoms with Crippen LogP contribution in [-0.2, 0) is 17.8 Å². The van der Waals surface area contributed by atoms with Crippen LogP contribution in [-0.4, -0.2) is 35.0 Å². The summed E-state index contributed by atoms with van der Waals surface area (Å²) in [4.78, 5) is 14.6. The van der Waals surface area contributed by atoms with Crippen molar-refractivity contribution in [1.29, 1.82) is 0 Å². The number of nitrogens with one attached hydrogen (secondary N) is 1. The summed E-state index contributed by atoms with van der Waals surface area (Å²) in [6.07, 6.45) is 2.76. The number of piperidine rings is 1. The molecule has 4 nitrogen and oxygen atoms in total. The van der Waals surface area contributed by atoms with Gasteiger partial charge >= 0.3 is 0 Å². The first kappa shape index (κ1) is 13.4. The number of aromatic hydroxyl groups is 1. The van der Waals surface area contributed by atoms with E-state index in [1.807, 2.05) is 11.0 Å². The van der Waals surface area contributed by atoms with Gasteiger partial charge in [-0.3, -0.25) is 4.79 Å². The van der Waals surface area contributed by atoms with E-state index >= 15 is 0 Å². The van der Waals surface area contributed by atoms with Crippen LogP contribution in [0.1, 0.15) is 30.9 Å². The Labute approximate surface area is 119 Å². The van der Waals surface area contributed by atoms with Gasteiger partial charge in [0.1, 0.15) is 5.75 Å². The van der Waals surface area contributed by atoms with Crippen LogP contribution in [0, 0.1) is 5.92 Å². The van der Waals surface area contributed by atoms with Crippen molar-refractivity contribution in [1.82, 2.24) is 10.2 Å². The molecule has 2 atom stereocenters. The molecule has 20 heavy (non-hydrogen) atoms. The number of rotatable bonds is 1. The second-order valence-electron chi connectivity index (χ2n) is 6.04. The van der Waals surface area contributed by atoms with E-state index < -0.39 is 0 Å². The zero-order valence-corrected chi connectivity index (χ0v) is 11.9. The number of fused-ring (bicyclic) bond motifs is 1. The lowest BCUT2D eigenvalue weighted by atomic mass is 9.90. The lowest BCUT2D eigenvalue weighted by Crippen LogP contribution is -2.45. The van der Waals surface area contributed by atoms with Crippen molar-refractivity contribution < 1.29 is 9.90 Å². The van der Waals surface area contributed by atoms with Crippen molar-refractivity contribution in [3.05, 3.63) is 29.3 Å². The van der Waals surface area contributed by atoms with Crippen molar-refractivity contribution in [3.63, 3.8) is 0 Å². The van der Waals surface area contributed by atoms with Gasteiger partial charge in [0.25, 0.3) is 0 Å². The van der Waals surface area contributed by atoms with Gasteiger partial charge in [-0.15, -0.1) is 0 Å². The van der Waals surface area contributed by atoms with Gasteiger partial charge in [-0.25, -0.2) is 0 Å². The molecule has 1 saturated heterocycles. The van der Waals surface area contributed by atoms with E-state index in [2.05, 4.69) is 12.2 Å². The van der Waals surface area contributed by atoms with E-state index in [4.69, 9.17) is 0 Å². The molecule has 1 aromatic carbocycles. The van der Waals surface area contributed by atoms with Crippen LogP contribution in [0.3, 0.4) is 0 Å². The molecule has 1 fully saturated rings. The summed E-state index contributed by atoms with van der Waals surface area (Å²) in [6.45, 7) is 4.52. The molecule has 1 aromatic rings. The van der Waals surface area contributed by atoms with Crippen LogP contribution < -0.4 is 5.32 Å². The lowest BCUT2D eigenvalue weighted by Gasteiger charge is -2.34. The molecule has 2 unspecified atom stereocenters. The highest BCUT2D eigenvalue weighted by molar-refractivity contribution is 5.79. The van der Waals surface area contributed by atoms with Gasteiger partial charge in [-0.1, -0.05) is 6.07 Å². The van der Waals surface area contributed by atoms with Gasteiger partial charge in [0.05, 0.1) is 0 Å². The van der Waals surface area contributed by atoms with Crippen molar-refractivity contribution in [2.24, 2.45) is 5.92 Å². The molecule has 2 N–H and O–H groups in total. The molecule has 3 rings (SSSR count). The van der Waals surface area contributed by atoms with Crippen molar-refractivity contribution in [3.8, 4) is 5.75 Å². The van der Waals surface area contributed by atoms with Crippen molar-refractivity contribution >= 4 is 5.91 Å². The number of hydrogen-bond donors (Lipinski definition) is 2. The third kappa shape index (κ3) is 2.66. The summed E-state index contributed by atoms with van der Waals surface area (Å²) in [5.41, 5.74) is 2.34. The van der Waals surface area contributed by atoms with Crippen molar-refractivity contribution in [2.75, 3.05) is 13.1 Å². The third-order valence-corrected chi connectivity index (χ3v) is 4.49. The van der Waals surface area contributed by atoms with E-state index in [9.17, 15) is 9.90 Å². The Morgan fingerprint density at radius 2 is 2.25 bits per heavy atom. The highest BCUT2D eigenvalue weighted by atomic mass is 16.3. The van der Waals surface area contributed by atoms with Gasteiger partial charge in [0.15, 0.2) is 0 Å². The molecule has 2 aliphatic heterocycles. The van der Waals surface area contributed by atoms with Crippen molar-refractivity contribution in [2.45, 2.75) is 38.8 Å². The van der Waals surface area contributed by atoms with Gasteiger partial charge in [-0.2, -0.15) is 0 Å². The Hall–Kier alpha value is -1.55. The summed E-state index contributed by atoms with van der Waals surface area (Å²) in [5, 5.41) is 13.0. The topological polar surface area (TPSA) is 52.6 Å². The molecule has 108 valence electrons. The van der Waals surface area contributed by atoms with Crippen LogP contribution in [0.5, 0.6) is 5.75 Å². The number of phenolic OH excluding ortho intramolecular Hbond substituents is 1. The summed E-state index contributed by atoms with van der Waals surface area (Å²) < 4.78 is 0. The fraction of sp³-hybridized carbons (Fsp3) is 0.562. The Balaban J connectivity index is 1.71. The zero-order valence-electron chi connectivity index (χ0n) is 11.9. The number of amides is 1. The molecule has 0 radical (unpaired) electrons. The van der Waals surface area contributed by atoms with E-state index in [1.165, 1.54) is 5.56 Å². The van der Waals surface area contributed by atoms with E-state index in [0.29, 0.717) is 12.6 Å². The minimum Gasteiger partial charge on any atom is -0.508 e. The molecular formula is C16H22N2O2. The first-order valence-corrected chi connectivity index (χ1v) is 7.46. The molecule has 0 saturated carbocycles. The number of carbonyl (C=O) groups is 1. The molecule has 2 heterocycles. The fourth-order valence-corrected chi connectivity index (χ4v) is 3.35. The zero-order chi connectivity index (χ0) is 14.1. The number of carbonyl (C=O) groups excluding carboxylic acids is 1. The highest BCUT2D eigenvalue weighted by Gasteiger charge is 2.30. The number of benzene rings is 1. The molecule has 0 bridgehead atoms. The summed E-state index contributed by atoms with van der Waals surface area (Å²) in [6, 6.07) is 5.92. The Kier molecular flexibility index (Phi) is 3.66. The average molecular weight is 274 g/mol. The SMILES string of the molecule is CC1CC(C(=O)N2CCc3ccc(O)cc3C2)CCN1. The van der Waals surface area contributed by atoms with Gasteiger partial charge < -0.3 is 15.3 Å². The predicted octanol–water partition coefficient (Wildman–Crippen LogP) is 1.67. The minimum atomic E-state index is 0.158. The smallest absolute Gasteiger partial charge is 0.226 e. The second kappa shape index (κ2) is 5.44. The lowest BCUT2D eigenvalue weighted by molar-refractivity contribution is -0.137. The fourth-order valence-electron chi connectivity index (χ4n) is 3.35. The maximum Gasteiger partial charge on any atom is 0.226 e. The maximum absolute atomic E-state index is 12.6. The summed E-state index contributed by atoms with van der Waals surface area (Å²) in [5.74, 6) is 0.728. The van der Waals surface area contributed by atoms with E-state index in [0.717, 1.165) is 37.9 Å². The van der Waals surface area contributed by atoms with E-state index in [1.54, 1.807) is 12.1 Å². The Bertz CT molecular complexity index is 515. The molecule has 0 spiro atoms. The van der Waals surface area contributed by atoms with E-state index in [-0.39, 0.29) is 17.6 Å². The van der Waals surface area contributed by atoms with Gasteiger partial charge in [0.2, 0.25) is 5.91 Å². The molecule has 0 aliphatic carbocycles. The number of hydrogen-bond acceptors (Lipinski definition) is 3. The standard InChI is InChI=1S/C16H22N2O2/c1-11-8-13(4-6-17-11)16(20)18-7-5-12-2-3-15(19)9-14(12)10-18/h2-3,9,11,13,17,19H,4-8,10H2,1H3. The number of phenols is 1. The maximum atomic E-state index is 12.6. The van der Waals surface area contributed by atoms with Crippen LogP contribution in [0.2, 0.25) is 0 Å². The van der Waals surface area contributed by atoms with Crippen LogP contribution in [0.15, 0.2) is 18.2 Å². The number of nitrogens with zero attached hydrogens (tertiary/aromatic N) is 1. The normalized spacial score (nSPS) is 26.1. The highest BCUT2D eigenvalue weighted by Crippen LogP contribution is 2.26. The molecule has 1 amide bonds. The van der Waals surface area contributed by atoms with Crippen LogP contribution in [0.4, 0.5) is 0 Å². The first-order valence-electron chi connectivity index (χ1n) is 7.46. The predicted molar refractivity (Wildman–Crippen MR) is 77.4 cm³/mol. The summed E-state index contributed by atoms with van der Waals surface area (Å²) in [7, 11) is 0. The van der Waals surface area contributed by atoms with Crippen LogP contribution >= 0.6 is 0 Å². The Morgan fingerprint density at radius 3 is 3.05 bits per heavy atom. The monoisotopic (exact) mass is 274 g/mol. The largest absolute Gasteiger partial charge is 0.508 e. The average Bonchev–Trinajstić information content (AvgIpc) is 2.45. The molecule has 0 aromatic heterocycles. The second-order valence-corrected chi connectivity index (χ2v) is 6.04. The van der Waals surface area contributed by atoms with Gasteiger partial charge in [-0.05, 0) is 56.0 Å². The first-order chi connectivity index (χ1) is 9.63. The third-order valence-electron chi connectivity index (χ3n) is 4.49. The summed E-state index contributed by atoms with van der Waals surface area (Å²) >= 11 is 0. The van der Waals surface area contributed by atoms with Gasteiger partial charge in [0, 0.05) is 25.0 Å². The minimum absolute atomic E-state index is 0.158. The van der Waals surface area contributed by atoms with Crippen LogP contribution in [0.25, 0.3) is 0 Å².